The minimum absolute atomic E-state index is 0.0466. The second-order valence-electron chi connectivity index (χ2n) is 8.57. The van der Waals surface area contributed by atoms with Crippen molar-refractivity contribution < 1.29 is 14.3 Å². The molecular weight excluding hydrogens is 460 g/mol. The fourth-order valence-electron chi connectivity index (χ4n) is 4.59. The van der Waals surface area contributed by atoms with Crippen LogP contribution >= 0.6 is 12.2 Å². The van der Waals surface area contributed by atoms with Crippen molar-refractivity contribution in [2.45, 2.75) is 13.8 Å². The van der Waals surface area contributed by atoms with Crippen LogP contribution in [0, 0.1) is 13.8 Å². The van der Waals surface area contributed by atoms with Crippen molar-refractivity contribution in [2.75, 3.05) is 36.1 Å². The first-order valence-electron chi connectivity index (χ1n) is 11.5. The highest BCUT2D eigenvalue weighted by atomic mass is 32.1. The molecule has 0 saturated carbocycles. The number of ether oxygens (including phenoxy) is 1. The number of hydrogen-bond acceptors (Lipinski definition) is 5. The highest BCUT2D eigenvalue weighted by Crippen LogP contribution is 2.27. The molecule has 2 aliphatic rings. The van der Waals surface area contributed by atoms with Crippen molar-refractivity contribution >= 4 is 46.6 Å². The summed E-state index contributed by atoms with van der Waals surface area (Å²) in [5.41, 5.74) is 5.60. The van der Waals surface area contributed by atoms with Crippen LogP contribution in [0.15, 0.2) is 66.2 Å². The maximum Gasteiger partial charge on any atom is 0.270 e. The lowest BCUT2D eigenvalue weighted by Gasteiger charge is -2.29. The molecule has 1 N–H and O–H groups in total. The van der Waals surface area contributed by atoms with Crippen molar-refractivity contribution in [3.05, 3.63) is 83.2 Å². The number of hydrogen-bond donors (Lipinski definition) is 1. The fourth-order valence-corrected chi connectivity index (χ4v) is 4.87. The molecule has 0 radical (unpaired) electrons. The summed E-state index contributed by atoms with van der Waals surface area (Å²) in [4.78, 5) is 29.7. The van der Waals surface area contributed by atoms with E-state index < -0.39 is 11.8 Å². The van der Waals surface area contributed by atoms with Gasteiger partial charge in [0.1, 0.15) is 5.57 Å². The Morgan fingerprint density at radius 3 is 2.26 bits per heavy atom. The summed E-state index contributed by atoms with van der Waals surface area (Å²) in [6, 6.07) is 19.5. The highest BCUT2D eigenvalue weighted by molar-refractivity contribution is 7.80. The van der Waals surface area contributed by atoms with Crippen LogP contribution in [0.5, 0.6) is 0 Å². The third-order valence-corrected chi connectivity index (χ3v) is 6.65. The van der Waals surface area contributed by atoms with Gasteiger partial charge >= 0.3 is 0 Å². The summed E-state index contributed by atoms with van der Waals surface area (Å²) in [6.07, 6.45) is 1.65. The molecular formula is C27H26N4O3S. The topological polar surface area (TPSA) is 66.8 Å². The molecule has 35 heavy (non-hydrogen) atoms. The molecule has 2 amide bonds. The van der Waals surface area contributed by atoms with E-state index in [1.54, 1.807) is 18.2 Å². The molecule has 2 saturated heterocycles. The van der Waals surface area contributed by atoms with Gasteiger partial charge in [-0.05, 0) is 80.2 Å². The normalized spacial score (nSPS) is 17.8. The summed E-state index contributed by atoms with van der Waals surface area (Å²) in [6.45, 7) is 7.26. The SMILES string of the molecule is Cc1cc(/C=C2\C(=O)NC(=S)N(c3ccccc3)C2=O)c(C)n1-c1ccc(N2CCOCC2)cc1. The molecule has 2 aromatic carbocycles. The van der Waals surface area contributed by atoms with Crippen LogP contribution in [0.4, 0.5) is 11.4 Å². The molecule has 3 heterocycles. The standard InChI is InChI=1S/C27H26N4O3S/c1-18-16-20(17-24-25(32)28-27(35)31(26(24)33)22-6-4-3-5-7-22)19(2)30(18)23-10-8-21(9-11-23)29-12-14-34-15-13-29/h3-11,16-17H,12-15H2,1-2H3,(H,28,32,35)/b24-17+. The number of rotatable bonds is 4. The monoisotopic (exact) mass is 486 g/mol. The van der Waals surface area contributed by atoms with Gasteiger partial charge in [-0.3, -0.25) is 19.8 Å². The average molecular weight is 487 g/mol. The Balaban J connectivity index is 1.46. The number of carbonyl (C=O) groups is 2. The Morgan fingerprint density at radius 2 is 1.57 bits per heavy atom. The smallest absolute Gasteiger partial charge is 0.270 e. The Bertz CT molecular complexity index is 1320. The van der Waals surface area contributed by atoms with E-state index in [1.807, 2.05) is 38.1 Å². The maximum absolute atomic E-state index is 13.3. The fraction of sp³-hybridized carbons (Fsp3) is 0.222. The zero-order valence-electron chi connectivity index (χ0n) is 19.7. The number of aryl methyl sites for hydroxylation is 1. The van der Waals surface area contributed by atoms with E-state index in [9.17, 15) is 9.59 Å². The van der Waals surface area contributed by atoms with E-state index in [-0.39, 0.29) is 10.7 Å². The first-order valence-corrected chi connectivity index (χ1v) is 11.9. The van der Waals surface area contributed by atoms with Gasteiger partial charge in [0.15, 0.2) is 5.11 Å². The lowest BCUT2D eigenvalue weighted by Crippen LogP contribution is -2.54. The number of anilines is 2. The summed E-state index contributed by atoms with van der Waals surface area (Å²) >= 11 is 5.28. The van der Waals surface area contributed by atoms with Gasteiger partial charge in [0.2, 0.25) is 0 Å². The van der Waals surface area contributed by atoms with Crippen LogP contribution < -0.4 is 15.1 Å². The van der Waals surface area contributed by atoms with Gasteiger partial charge in [0.25, 0.3) is 11.8 Å². The molecule has 0 spiro atoms. The van der Waals surface area contributed by atoms with E-state index in [0.717, 1.165) is 48.9 Å². The minimum atomic E-state index is -0.494. The zero-order chi connectivity index (χ0) is 24.5. The molecule has 8 heteroatoms. The van der Waals surface area contributed by atoms with Gasteiger partial charge in [-0.25, -0.2) is 0 Å². The summed E-state index contributed by atoms with van der Waals surface area (Å²) in [5.74, 6) is -0.934. The Hall–Kier alpha value is -3.75. The Morgan fingerprint density at radius 1 is 0.914 bits per heavy atom. The van der Waals surface area contributed by atoms with E-state index in [0.29, 0.717) is 5.69 Å². The highest BCUT2D eigenvalue weighted by Gasteiger charge is 2.34. The molecule has 2 aliphatic heterocycles. The average Bonchev–Trinajstić information content (AvgIpc) is 3.15. The number of amides is 2. The number of nitrogens with one attached hydrogen (secondary N) is 1. The molecule has 2 fully saturated rings. The zero-order valence-corrected chi connectivity index (χ0v) is 20.5. The van der Waals surface area contributed by atoms with E-state index in [2.05, 4.69) is 39.0 Å². The molecule has 3 aromatic rings. The van der Waals surface area contributed by atoms with E-state index in [4.69, 9.17) is 17.0 Å². The lowest BCUT2D eigenvalue weighted by molar-refractivity contribution is -0.122. The van der Waals surface area contributed by atoms with E-state index >= 15 is 0 Å². The maximum atomic E-state index is 13.3. The van der Waals surface area contributed by atoms with Gasteiger partial charge in [-0.1, -0.05) is 18.2 Å². The van der Waals surface area contributed by atoms with Gasteiger partial charge < -0.3 is 14.2 Å². The minimum Gasteiger partial charge on any atom is -0.378 e. The molecule has 7 nitrogen and oxygen atoms in total. The Labute approximate surface area is 209 Å². The second kappa shape index (κ2) is 9.48. The number of nitrogens with zero attached hydrogens (tertiary/aromatic N) is 3. The number of para-hydroxylation sites is 1. The molecule has 178 valence electrons. The first kappa shape index (κ1) is 23.0. The predicted octanol–water partition coefficient (Wildman–Crippen LogP) is 3.76. The van der Waals surface area contributed by atoms with Gasteiger partial charge in [-0.15, -0.1) is 0 Å². The summed E-state index contributed by atoms with van der Waals surface area (Å²) < 4.78 is 7.58. The van der Waals surface area contributed by atoms with Crippen molar-refractivity contribution in [3.8, 4) is 5.69 Å². The van der Waals surface area contributed by atoms with Crippen LogP contribution in [-0.4, -0.2) is 47.8 Å². The number of morpholine rings is 1. The molecule has 0 atom stereocenters. The molecule has 0 unspecified atom stereocenters. The van der Waals surface area contributed by atoms with Gasteiger partial charge in [0.05, 0.1) is 18.9 Å². The summed E-state index contributed by atoms with van der Waals surface area (Å²) in [7, 11) is 0. The molecule has 0 aliphatic carbocycles. The van der Waals surface area contributed by atoms with Crippen molar-refractivity contribution in [1.82, 2.24) is 9.88 Å². The van der Waals surface area contributed by atoms with Gasteiger partial charge in [-0.2, -0.15) is 0 Å². The Kier molecular flexibility index (Phi) is 6.23. The van der Waals surface area contributed by atoms with Crippen LogP contribution in [0.3, 0.4) is 0 Å². The third-order valence-electron chi connectivity index (χ3n) is 6.37. The predicted molar refractivity (Wildman–Crippen MR) is 141 cm³/mol. The number of benzene rings is 2. The molecule has 1 aromatic heterocycles. The lowest BCUT2D eigenvalue weighted by atomic mass is 10.1. The van der Waals surface area contributed by atoms with Crippen molar-refractivity contribution in [2.24, 2.45) is 0 Å². The van der Waals surface area contributed by atoms with Crippen LogP contribution in [0.25, 0.3) is 11.8 Å². The van der Waals surface area contributed by atoms with Crippen molar-refractivity contribution in [3.63, 3.8) is 0 Å². The van der Waals surface area contributed by atoms with Crippen LogP contribution in [0.2, 0.25) is 0 Å². The van der Waals surface area contributed by atoms with Gasteiger partial charge in [0, 0.05) is 35.9 Å². The summed E-state index contributed by atoms with van der Waals surface area (Å²) in [5, 5.41) is 2.73. The molecule has 5 rings (SSSR count). The van der Waals surface area contributed by atoms with Crippen LogP contribution in [0.1, 0.15) is 17.0 Å². The largest absolute Gasteiger partial charge is 0.378 e. The molecule has 0 bridgehead atoms. The number of carbonyl (C=O) groups excluding carboxylic acids is 2. The van der Waals surface area contributed by atoms with Crippen molar-refractivity contribution in [1.29, 1.82) is 0 Å². The quantitative estimate of drug-likeness (QED) is 0.346. The number of aromatic nitrogens is 1. The first-order chi connectivity index (χ1) is 16.9. The van der Waals surface area contributed by atoms with E-state index in [1.165, 1.54) is 10.6 Å². The van der Waals surface area contributed by atoms with Crippen LogP contribution in [-0.2, 0) is 14.3 Å². The second-order valence-corrected chi connectivity index (χ2v) is 8.96. The third kappa shape index (κ3) is 4.38. The number of thiocarbonyl (C=S) groups is 1.